The smallest absolute Gasteiger partial charge is 0.310 e. The minimum atomic E-state index is -0.0962. The second-order valence-corrected chi connectivity index (χ2v) is 5.69. The normalized spacial score (nSPS) is 13.4. The largest absolute Gasteiger partial charge is 0.464 e. The molecule has 1 aromatic rings. The van der Waals surface area contributed by atoms with E-state index in [1.165, 1.54) is 29.5 Å². The molecule has 0 amide bonds. The van der Waals surface area contributed by atoms with E-state index in [4.69, 9.17) is 4.74 Å². The van der Waals surface area contributed by atoms with Crippen molar-refractivity contribution in [2.75, 3.05) is 26.2 Å². The molecule has 22 heavy (non-hydrogen) atoms. The number of ether oxygens (including phenoxy) is 1. The molecule has 0 radical (unpaired) electrons. The zero-order valence-corrected chi connectivity index (χ0v) is 14.6. The van der Waals surface area contributed by atoms with Crippen molar-refractivity contribution in [1.29, 1.82) is 0 Å². The van der Waals surface area contributed by atoms with Gasteiger partial charge in [0.05, 0.1) is 6.42 Å². The Morgan fingerprint density at radius 1 is 1.18 bits per heavy atom. The van der Waals surface area contributed by atoms with Crippen LogP contribution in [0.3, 0.4) is 0 Å². The highest BCUT2D eigenvalue weighted by molar-refractivity contribution is 5.85. The highest BCUT2D eigenvalue weighted by Crippen LogP contribution is 2.24. The molecule has 124 valence electrons. The van der Waals surface area contributed by atoms with Crippen molar-refractivity contribution in [2.24, 2.45) is 0 Å². The molecule has 0 unspecified atom stereocenters. The van der Waals surface area contributed by atoms with E-state index in [1.54, 1.807) is 0 Å². The average molecular weight is 326 g/mol. The number of nitrogens with zero attached hydrogens (tertiary/aromatic N) is 1. The van der Waals surface area contributed by atoms with Gasteiger partial charge in [-0.15, -0.1) is 12.4 Å². The summed E-state index contributed by atoms with van der Waals surface area (Å²) in [6.45, 7) is 7.57. The molecular formula is C18H28ClNO2. The number of halogens is 1. The number of rotatable bonds is 7. The van der Waals surface area contributed by atoms with Gasteiger partial charge in [0.2, 0.25) is 0 Å². The van der Waals surface area contributed by atoms with Crippen molar-refractivity contribution in [3.63, 3.8) is 0 Å². The molecule has 1 aromatic carbocycles. The Morgan fingerprint density at radius 3 is 2.64 bits per heavy atom. The van der Waals surface area contributed by atoms with Crippen LogP contribution in [0.15, 0.2) is 18.2 Å². The van der Waals surface area contributed by atoms with Gasteiger partial charge in [0.25, 0.3) is 0 Å². The molecule has 0 aromatic heterocycles. The number of carbonyl (C=O) groups excluding carboxylic acids is 1. The monoisotopic (exact) mass is 325 g/mol. The number of benzene rings is 1. The third-order valence-electron chi connectivity index (χ3n) is 4.39. The molecule has 0 bridgehead atoms. The molecule has 0 heterocycles. The van der Waals surface area contributed by atoms with Crippen LogP contribution in [0, 0.1) is 0 Å². The number of likely N-dealkylation sites (N-methyl/N-ethyl adjacent to an activating group) is 1. The third-order valence-corrected chi connectivity index (χ3v) is 4.39. The zero-order valence-electron chi connectivity index (χ0n) is 13.8. The van der Waals surface area contributed by atoms with Gasteiger partial charge in [0.1, 0.15) is 6.61 Å². The maximum absolute atomic E-state index is 12.0. The predicted octanol–water partition coefficient (Wildman–Crippen LogP) is 3.41. The molecule has 2 rings (SSSR count). The van der Waals surface area contributed by atoms with Crippen LogP contribution in [0.5, 0.6) is 0 Å². The molecule has 0 atom stereocenters. The van der Waals surface area contributed by atoms with Gasteiger partial charge in [0.15, 0.2) is 0 Å². The van der Waals surface area contributed by atoms with E-state index >= 15 is 0 Å². The SMILES string of the molecule is CCN(CC)CCOC(=O)Cc1cccc2c1CCCC2.Cl. The first-order valence-electron chi connectivity index (χ1n) is 8.22. The molecule has 0 N–H and O–H groups in total. The van der Waals surface area contributed by atoms with Crippen molar-refractivity contribution >= 4 is 18.4 Å². The van der Waals surface area contributed by atoms with Crippen LogP contribution >= 0.6 is 12.4 Å². The lowest BCUT2D eigenvalue weighted by Crippen LogP contribution is -2.28. The van der Waals surface area contributed by atoms with E-state index in [9.17, 15) is 4.79 Å². The minimum absolute atomic E-state index is 0. The number of esters is 1. The van der Waals surface area contributed by atoms with Crippen LogP contribution in [0.4, 0.5) is 0 Å². The van der Waals surface area contributed by atoms with Crippen LogP contribution < -0.4 is 0 Å². The fourth-order valence-electron chi connectivity index (χ4n) is 3.06. The van der Waals surface area contributed by atoms with Crippen LogP contribution in [-0.2, 0) is 28.8 Å². The first-order valence-corrected chi connectivity index (χ1v) is 8.22. The predicted molar refractivity (Wildman–Crippen MR) is 92.8 cm³/mol. The van der Waals surface area contributed by atoms with Gasteiger partial charge in [0, 0.05) is 6.54 Å². The number of fused-ring (bicyclic) bond motifs is 1. The lowest BCUT2D eigenvalue weighted by atomic mass is 9.87. The molecule has 0 spiro atoms. The van der Waals surface area contributed by atoms with Crippen molar-refractivity contribution < 1.29 is 9.53 Å². The summed E-state index contributed by atoms with van der Waals surface area (Å²) in [4.78, 5) is 14.3. The molecule has 0 saturated heterocycles. The average Bonchev–Trinajstić information content (AvgIpc) is 2.52. The summed E-state index contributed by atoms with van der Waals surface area (Å²) in [7, 11) is 0. The van der Waals surface area contributed by atoms with Crippen molar-refractivity contribution in [3.05, 3.63) is 34.9 Å². The maximum atomic E-state index is 12.0. The number of hydrogen-bond acceptors (Lipinski definition) is 3. The van der Waals surface area contributed by atoms with Gasteiger partial charge in [-0.3, -0.25) is 4.79 Å². The summed E-state index contributed by atoms with van der Waals surface area (Å²) in [5.41, 5.74) is 3.99. The standard InChI is InChI=1S/C18H27NO2.ClH/c1-3-19(4-2)12-13-21-18(20)14-16-10-7-9-15-8-5-6-11-17(15)16;/h7,9-10H,3-6,8,11-14H2,1-2H3;1H. The van der Waals surface area contributed by atoms with Crippen LogP contribution in [0.2, 0.25) is 0 Å². The Labute approximate surface area is 140 Å². The van der Waals surface area contributed by atoms with Gasteiger partial charge in [-0.1, -0.05) is 32.0 Å². The highest BCUT2D eigenvalue weighted by atomic mass is 35.5. The topological polar surface area (TPSA) is 29.5 Å². The summed E-state index contributed by atoms with van der Waals surface area (Å²) in [6, 6.07) is 6.35. The van der Waals surface area contributed by atoms with Gasteiger partial charge < -0.3 is 9.64 Å². The van der Waals surface area contributed by atoms with Gasteiger partial charge in [-0.25, -0.2) is 0 Å². The van der Waals surface area contributed by atoms with Gasteiger partial charge in [-0.05, 0) is 55.5 Å². The molecule has 0 saturated carbocycles. The summed E-state index contributed by atoms with van der Waals surface area (Å²) < 4.78 is 5.39. The summed E-state index contributed by atoms with van der Waals surface area (Å²) >= 11 is 0. The second kappa shape index (κ2) is 9.86. The Kier molecular flexibility index (Phi) is 8.51. The Morgan fingerprint density at radius 2 is 1.91 bits per heavy atom. The molecule has 3 nitrogen and oxygen atoms in total. The van der Waals surface area contributed by atoms with E-state index in [-0.39, 0.29) is 18.4 Å². The van der Waals surface area contributed by atoms with Crippen molar-refractivity contribution in [3.8, 4) is 0 Å². The van der Waals surface area contributed by atoms with E-state index in [1.807, 2.05) is 0 Å². The molecule has 0 aliphatic heterocycles. The van der Waals surface area contributed by atoms with E-state index in [0.717, 1.165) is 32.5 Å². The van der Waals surface area contributed by atoms with E-state index in [0.29, 0.717) is 13.0 Å². The summed E-state index contributed by atoms with van der Waals surface area (Å²) in [6.07, 6.45) is 5.19. The van der Waals surface area contributed by atoms with Crippen molar-refractivity contribution in [1.82, 2.24) is 4.90 Å². The Hall–Kier alpha value is -1.06. The number of hydrogen-bond donors (Lipinski definition) is 0. The fraction of sp³-hybridized carbons (Fsp3) is 0.611. The number of carbonyl (C=O) groups is 1. The van der Waals surface area contributed by atoms with Crippen LogP contribution in [0.25, 0.3) is 0 Å². The summed E-state index contributed by atoms with van der Waals surface area (Å²) in [5, 5.41) is 0. The second-order valence-electron chi connectivity index (χ2n) is 5.69. The van der Waals surface area contributed by atoms with Gasteiger partial charge >= 0.3 is 5.97 Å². The van der Waals surface area contributed by atoms with Gasteiger partial charge in [-0.2, -0.15) is 0 Å². The van der Waals surface area contributed by atoms with Crippen molar-refractivity contribution in [2.45, 2.75) is 46.0 Å². The maximum Gasteiger partial charge on any atom is 0.310 e. The number of aryl methyl sites for hydroxylation is 1. The quantitative estimate of drug-likeness (QED) is 0.719. The molecule has 0 fully saturated rings. The first kappa shape index (κ1) is 19.0. The Balaban J connectivity index is 0.00000242. The Bertz CT molecular complexity index is 472. The summed E-state index contributed by atoms with van der Waals surface area (Å²) in [5.74, 6) is -0.0962. The molecule has 1 aliphatic rings. The van der Waals surface area contributed by atoms with Crippen LogP contribution in [-0.4, -0.2) is 37.1 Å². The van der Waals surface area contributed by atoms with E-state index < -0.39 is 0 Å². The lowest BCUT2D eigenvalue weighted by molar-refractivity contribution is -0.143. The molecule has 1 aliphatic carbocycles. The fourth-order valence-corrected chi connectivity index (χ4v) is 3.06. The lowest BCUT2D eigenvalue weighted by Gasteiger charge is -2.20. The zero-order chi connectivity index (χ0) is 15.1. The molecule has 4 heteroatoms. The van der Waals surface area contributed by atoms with Crippen LogP contribution in [0.1, 0.15) is 43.4 Å². The van der Waals surface area contributed by atoms with E-state index in [2.05, 4.69) is 36.9 Å². The first-order chi connectivity index (χ1) is 10.2. The molecular weight excluding hydrogens is 298 g/mol. The highest BCUT2D eigenvalue weighted by Gasteiger charge is 2.15. The third kappa shape index (κ3) is 5.29. The minimum Gasteiger partial charge on any atom is -0.464 e.